The van der Waals surface area contributed by atoms with Crippen LogP contribution in [0.3, 0.4) is 0 Å². The van der Waals surface area contributed by atoms with Gasteiger partial charge in [0, 0.05) is 5.56 Å². The molecule has 0 amide bonds. The number of nitrogens with zero attached hydrogens (tertiary/aromatic N) is 1. The van der Waals surface area contributed by atoms with Crippen molar-refractivity contribution in [1.82, 2.24) is 0 Å². The van der Waals surface area contributed by atoms with E-state index in [1.807, 2.05) is 6.07 Å². The van der Waals surface area contributed by atoms with Gasteiger partial charge in [-0.2, -0.15) is 5.26 Å². The summed E-state index contributed by atoms with van der Waals surface area (Å²) in [6, 6.07) is 5.24. The molecule has 0 radical (unpaired) electrons. The van der Waals surface area contributed by atoms with Gasteiger partial charge in [0.25, 0.3) is 0 Å². The van der Waals surface area contributed by atoms with Crippen LogP contribution in [-0.4, -0.2) is 0 Å². The standard InChI is InChI=1S/C11H10F2N2/c1-2-7(6-14)11(15)8-3-4-9(12)10(13)5-8/h3-5H,2,15H2,1H3/b11-7-. The number of halogens is 2. The Bertz CT molecular complexity index is 444. The Morgan fingerprint density at radius 1 is 1.40 bits per heavy atom. The van der Waals surface area contributed by atoms with Crippen LogP contribution in [0.15, 0.2) is 23.8 Å². The predicted molar refractivity (Wildman–Crippen MR) is 53.4 cm³/mol. The molecular formula is C11H10F2N2. The number of benzene rings is 1. The lowest BCUT2D eigenvalue weighted by atomic mass is 10.1. The van der Waals surface area contributed by atoms with Crippen LogP contribution in [0.5, 0.6) is 0 Å². The van der Waals surface area contributed by atoms with Crippen molar-refractivity contribution in [3.63, 3.8) is 0 Å². The number of hydrogen-bond acceptors (Lipinski definition) is 2. The first-order valence-electron chi connectivity index (χ1n) is 4.44. The average Bonchev–Trinajstić information content (AvgIpc) is 2.23. The molecule has 0 spiro atoms. The van der Waals surface area contributed by atoms with Gasteiger partial charge in [0.2, 0.25) is 0 Å². The van der Waals surface area contributed by atoms with E-state index in [-0.39, 0.29) is 5.70 Å². The summed E-state index contributed by atoms with van der Waals surface area (Å²) in [6.07, 6.45) is 0.460. The molecule has 15 heavy (non-hydrogen) atoms. The summed E-state index contributed by atoms with van der Waals surface area (Å²) in [4.78, 5) is 0. The Morgan fingerprint density at radius 2 is 2.07 bits per heavy atom. The van der Waals surface area contributed by atoms with Gasteiger partial charge in [-0.05, 0) is 24.6 Å². The smallest absolute Gasteiger partial charge is 0.159 e. The fourth-order valence-electron chi connectivity index (χ4n) is 1.17. The van der Waals surface area contributed by atoms with Crippen LogP contribution in [-0.2, 0) is 0 Å². The second kappa shape index (κ2) is 4.56. The summed E-state index contributed by atoms with van der Waals surface area (Å²) >= 11 is 0. The third-order valence-corrected chi connectivity index (χ3v) is 2.04. The maximum absolute atomic E-state index is 12.9. The first-order valence-corrected chi connectivity index (χ1v) is 4.44. The zero-order valence-corrected chi connectivity index (χ0v) is 8.22. The second-order valence-corrected chi connectivity index (χ2v) is 2.99. The molecular weight excluding hydrogens is 198 g/mol. The molecule has 0 fully saturated rings. The Labute approximate surface area is 86.6 Å². The second-order valence-electron chi connectivity index (χ2n) is 2.99. The summed E-state index contributed by atoms with van der Waals surface area (Å²) in [5.41, 5.74) is 6.53. The third kappa shape index (κ3) is 2.32. The topological polar surface area (TPSA) is 49.8 Å². The van der Waals surface area contributed by atoms with Crippen molar-refractivity contribution >= 4 is 5.70 Å². The summed E-state index contributed by atoms with van der Waals surface area (Å²) in [5, 5.41) is 8.73. The lowest BCUT2D eigenvalue weighted by Gasteiger charge is -2.04. The van der Waals surface area contributed by atoms with Gasteiger partial charge in [-0.1, -0.05) is 6.92 Å². The summed E-state index contributed by atoms with van der Waals surface area (Å²) in [7, 11) is 0. The Morgan fingerprint density at radius 3 is 2.53 bits per heavy atom. The van der Waals surface area contributed by atoms with E-state index in [4.69, 9.17) is 11.0 Å². The van der Waals surface area contributed by atoms with Crippen LogP contribution < -0.4 is 5.73 Å². The highest BCUT2D eigenvalue weighted by Gasteiger charge is 2.07. The normalized spacial score (nSPS) is 11.9. The molecule has 0 aliphatic rings. The first kappa shape index (κ1) is 11.2. The van der Waals surface area contributed by atoms with Crippen LogP contribution >= 0.6 is 0 Å². The molecule has 2 N–H and O–H groups in total. The number of allylic oxidation sites excluding steroid dienone is 1. The van der Waals surface area contributed by atoms with Crippen LogP contribution in [0.2, 0.25) is 0 Å². The number of rotatable bonds is 2. The molecule has 0 saturated heterocycles. The molecule has 2 nitrogen and oxygen atoms in total. The lowest BCUT2D eigenvalue weighted by molar-refractivity contribution is 0.508. The minimum atomic E-state index is -0.969. The largest absolute Gasteiger partial charge is 0.397 e. The van der Waals surface area contributed by atoms with Gasteiger partial charge in [-0.3, -0.25) is 0 Å². The van der Waals surface area contributed by atoms with Crippen molar-refractivity contribution in [3.05, 3.63) is 41.0 Å². The van der Waals surface area contributed by atoms with E-state index in [1.165, 1.54) is 6.07 Å². The van der Waals surface area contributed by atoms with Crippen molar-refractivity contribution in [2.24, 2.45) is 5.73 Å². The van der Waals surface area contributed by atoms with Gasteiger partial charge in [0.1, 0.15) is 0 Å². The van der Waals surface area contributed by atoms with Gasteiger partial charge in [-0.15, -0.1) is 0 Å². The van der Waals surface area contributed by atoms with Gasteiger partial charge < -0.3 is 5.73 Å². The van der Waals surface area contributed by atoms with E-state index < -0.39 is 11.6 Å². The van der Waals surface area contributed by atoms with Gasteiger partial charge >= 0.3 is 0 Å². The number of nitrogens with two attached hydrogens (primary N) is 1. The molecule has 0 aliphatic heterocycles. The first-order chi connectivity index (χ1) is 7.10. The molecule has 0 saturated carbocycles. The minimum absolute atomic E-state index is 0.193. The maximum atomic E-state index is 12.9. The van der Waals surface area contributed by atoms with E-state index in [0.29, 0.717) is 17.6 Å². The molecule has 0 atom stereocenters. The summed E-state index contributed by atoms with van der Waals surface area (Å²) in [5.74, 6) is -1.90. The fourth-order valence-corrected chi connectivity index (χ4v) is 1.17. The quantitative estimate of drug-likeness (QED) is 0.759. The highest BCUT2D eigenvalue weighted by molar-refractivity contribution is 5.68. The van der Waals surface area contributed by atoms with Crippen molar-refractivity contribution in [2.75, 3.05) is 0 Å². The van der Waals surface area contributed by atoms with E-state index >= 15 is 0 Å². The number of hydrogen-bond donors (Lipinski definition) is 1. The Balaban J connectivity index is 3.24. The molecule has 0 aliphatic carbocycles. The summed E-state index contributed by atoms with van der Waals surface area (Å²) < 4.78 is 25.5. The molecule has 78 valence electrons. The molecule has 1 aromatic rings. The monoisotopic (exact) mass is 208 g/mol. The Kier molecular flexibility index (Phi) is 3.40. The van der Waals surface area contributed by atoms with Crippen molar-refractivity contribution in [2.45, 2.75) is 13.3 Å². The summed E-state index contributed by atoms with van der Waals surface area (Å²) in [6.45, 7) is 1.77. The van der Waals surface area contributed by atoms with Crippen LogP contribution in [0.1, 0.15) is 18.9 Å². The van der Waals surface area contributed by atoms with Crippen LogP contribution in [0, 0.1) is 23.0 Å². The molecule has 0 bridgehead atoms. The Hall–Kier alpha value is -1.89. The van der Waals surface area contributed by atoms with Crippen molar-refractivity contribution in [1.29, 1.82) is 5.26 Å². The molecule has 0 heterocycles. The number of nitriles is 1. The third-order valence-electron chi connectivity index (χ3n) is 2.04. The zero-order chi connectivity index (χ0) is 11.4. The minimum Gasteiger partial charge on any atom is -0.397 e. The molecule has 0 unspecified atom stereocenters. The SMILES string of the molecule is CC/C(C#N)=C(/N)c1ccc(F)c(F)c1. The van der Waals surface area contributed by atoms with Gasteiger partial charge in [0.15, 0.2) is 11.6 Å². The zero-order valence-electron chi connectivity index (χ0n) is 8.22. The molecule has 1 rings (SSSR count). The average molecular weight is 208 g/mol. The highest BCUT2D eigenvalue weighted by Crippen LogP contribution is 2.17. The predicted octanol–water partition coefficient (Wildman–Crippen LogP) is 2.57. The van der Waals surface area contributed by atoms with Crippen molar-refractivity contribution in [3.8, 4) is 6.07 Å². The van der Waals surface area contributed by atoms with E-state index in [2.05, 4.69) is 0 Å². The van der Waals surface area contributed by atoms with Gasteiger partial charge in [0.05, 0.1) is 17.3 Å². The van der Waals surface area contributed by atoms with Crippen LogP contribution in [0.4, 0.5) is 8.78 Å². The van der Waals surface area contributed by atoms with E-state index in [9.17, 15) is 8.78 Å². The fraction of sp³-hybridized carbons (Fsp3) is 0.182. The van der Waals surface area contributed by atoms with E-state index in [0.717, 1.165) is 12.1 Å². The maximum Gasteiger partial charge on any atom is 0.159 e. The molecule has 4 heteroatoms. The molecule has 0 aromatic heterocycles. The van der Waals surface area contributed by atoms with Gasteiger partial charge in [-0.25, -0.2) is 8.78 Å². The van der Waals surface area contributed by atoms with Crippen molar-refractivity contribution < 1.29 is 8.78 Å². The lowest BCUT2D eigenvalue weighted by Crippen LogP contribution is -2.01. The van der Waals surface area contributed by atoms with E-state index in [1.54, 1.807) is 6.92 Å². The highest BCUT2D eigenvalue weighted by atomic mass is 19.2. The molecule has 1 aromatic carbocycles. The van der Waals surface area contributed by atoms with Crippen LogP contribution in [0.25, 0.3) is 5.70 Å².